The minimum Gasteiger partial charge on any atom is -0.287 e. The smallest absolute Gasteiger partial charge is 0.173 e. The molecule has 130 valence electrons. The van der Waals surface area contributed by atoms with E-state index in [2.05, 4.69) is 4.98 Å². The van der Waals surface area contributed by atoms with Crippen LogP contribution in [-0.2, 0) is 9.84 Å². The second kappa shape index (κ2) is 7.64. The maximum atomic E-state index is 11.4. The lowest BCUT2D eigenvalue weighted by Gasteiger charge is -2.12. The molecule has 0 amide bonds. The molecule has 0 spiro atoms. The monoisotopic (exact) mass is 392 g/mol. The Bertz CT molecular complexity index is 970. The molecule has 0 radical (unpaired) electrons. The van der Waals surface area contributed by atoms with E-state index >= 15 is 0 Å². The van der Waals surface area contributed by atoms with Crippen LogP contribution in [0.4, 0.5) is 0 Å². The third-order valence-corrected chi connectivity index (χ3v) is 5.94. The highest BCUT2D eigenvalue weighted by Gasteiger charge is 2.15. The van der Waals surface area contributed by atoms with Gasteiger partial charge in [-0.05, 0) is 18.2 Å². The van der Waals surface area contributed by atoms with E-state index < -0.39 is 9.84 Å². The third kappa shape index (κ3) is 4.66. The van der Waals surface area contributed by atoms with Crippen molar-refractivity contribution in [3.05, 3.63) is 65.8 Å². The zero-order valence-corrected chi connectivity index (χ0v) is 16.0. The molecule has 0 fully saturated rings. The van der Waals surface area contributed by atoms with Gasteiger partial charge in [0, 0.05) is 28.3 Å². The van der Waals surface area contributed by atoms with Crippen LogP contribution < -0.4 is 0 Å². The van der Waals surface area contributed by atoms with Crippen LogP contribution in [0, 0.1) is 0 Å². The average molecular weight is 393 g/mol. The molecule has 0 aliphatic rings. The summed E-state index contributed by atoms with van der Waals surface area (Å²) in [6.07, 6.45) is 3.05. The molecule has 0 bridgehead atoms. The number of imidazole rings is 1. The number of rotatable bonds is 6. The van der Waals surface area contributed by atoms with Crippen molar-refractivity contribution in [3.8, 4) is 16.9 Å². The zero-order chi connectivity index (χ0) is 17.9. The fourth-order valence-electron chi connectivity index (χ4n) is 2.40. The highest BCUT2D eigenvalue weighted by atomic mass is 35.5. The van der Waals surface area contributed by atoms with Gasteiger partial charge in [0.2, 0.25) is 0 Å². The molecule has 0 saturated heterocycles. The van der Waals surface area contributed by atoms with Crippen LogP contribution in [0.15, 0.2) is 66.0 Å². The summed E-state index contributed by atoms with van der Waals surface area (Å²) in [5.41, 5.74) is 2.86. The Morgan fingerprint density at radius 3 is 2.56 bits per heavy atom. The van der Waals surface area contributed by atoms with Gasteiger partial charge < -0.3 is 0 Å². The lowest BCUT2D eigenvalue weighted by molar-refractivity contribution is 0.603. The fourth-order valence-corrected chi connectivity index (χ4v) is 4.77. The zero-order valence-electron chi connectivity index (χ0n) is 13.6. The average Bonchev–Trinajstić information content (AvgIpc) is 2.98. The van der Waals surface area contributed by atoms with Gasteiger partial charge in [-0.3, -0.25) is 4.57 Å². The molecule has 1 heterocycles. The summed E-state index contributed by atoms with van der Waals surface area (Å²) < 4.78 is 24.8. The van der Waals surface area contributed by atoms with Gasteiger partial charge in [0.15, 0.2) is 5.16 Å². The predicted octanol–water partition coefficient (Wildman–Crippen LogP) is 4.33. The summed E-state index contributed by atoms with van der Waals surface area (Å²) in [4.78, 5) is 4.51. The van der Waals surface area contributed by atoms with Crippen LogP contribution in [0.25, 0.3) is 16.9 Å². The molecule has 4 nitrogen and oxygen atoms in total. The Hall–Kier alpha value is -1.76. The highest BCUT2D eigenvalue weighted by Crippen LogP contribution is 2.30. The minimum absolute atomic E-state index is 0.112. The van der Waals surface area contributed by atoms with Crippen LogP contribution in [0.2, 0.25) is 5.02 Å². The summed E-state index contributed by atoms with van der Waals surface area (Å²) >= 11 is 7.58. The van der Waals surface area contributed by atoms with Gasteiger partial charge in [-0.1, -0.05) is 59.8 Å². The summed E-state index contributed by atoms with van der Waals surface area (Å²) in [6, 6.07) is 17.5. The maximum absolute atomic E-state index is 11.4. The van der Waals surface area contributed by atoms with Crippen molar-refractivity contribution in [1.29, 1.82) is 0 Å². The Morgan fingerprint density at radius 1 is 1.12 bits per heavy atom. The molecule has 0 aliphatic heterocycles. The first-order valence-electron chi connectivity index (χ1n) is 7.64. The Morgan fingerprint density at radius 2 is 1.88 bits per heavy atom. The molecule has 1 aromatic heterocycles. The van der Waals surface area contributed by atoms with E-state index in [4.69, 9.17) is 11.6 Å². The summed E-state index contributed by atoms with van der Waals surface area (Å²) in [5, 5.41) is 1.38. The van der Waals surface area contributed by atoms with E-state index in [0.717, 1.165) is 22.1 Å². The first-order valence-corrected chi connectivity index (χ1v) is 11.1. The van der Waals surface area contributed by atoms with E-state index in [1.807, 2.05) is 59.2 Å². The fraction of sp³-hybridized carbons (Fsp3) is 0.167. The van der Waals surface area contributed by atoms with Crippen molar-refractivity contribution in [2.45, 2.75) is 5.16 Å². The Kier molecular flexibility index (Phi) is 5.51. The number of hydrogen-bond acceptors (Lipinski definition) is 4. The maximum Gasteiger partial charge on any atom is 0.173 e. The van der Waals surface area contributed by atoms with Crippen LogP contribution >= 0.6 is 23.4 Å². The van der Waals surface area contributed by atoms with Gasteiger partial charge in [0.25, 0.3) is 0 Å². The van der Waals surface area contributed by atoms with E-state index in [9.17, 15) is 8.42 Å². The van der Waals surface area contributed by atoms with E-state index in [-0.39, 0.29) is 5.75 Å². The van der Waals surface area contributed by atoms with Gasteiger partial charge in [0.05, 0.1) is 17.6 Å². The molecular formula is C18H17ClN2O2S2. The lowest BCUT2D eigenvalue weighted by atomic mass is 10.1. The predicted molar refractivity (Wildman–Crippen MR) is 104 cm³/mol. The SMILES string of the molecule is CS(=O)(=O)CCSc1ncc(-c2ccccc2)n1-c1cccc(Cl)c1. The summed E-state index contributed by atoms with van der Waals surface area (Å²) in [5.74, 6) is 0.561. The van der Waals surface area contributed by atoms with E-state index in [0.29, 0.717) is 10.8 Å². The van der Waals surface area contributed by atoms with E-state index in [1.54, 1.807) is 6.20 Å². The quantitative estimate of drug-likeness (QED) is 0.586. The van der Waals surface area contributed by atoms with Crippen molar-refractivity contribution in [3.63, 3.8) is 0 Å². The first kappa shape index (κ1) is 18.0. The van der Waals surface area contributed by atoms with E-state index in [1.165, 1.54) is 18.0 Å². The molecule has 7 heteroatoms. The first-order chi connectivity index (χ1) is 11.9. The van der Waals surface area contributed by atoms with Gasteiger partial charge >= 0.3 is 0 Å². The molecule has 0 atom stereocenters. The largest absolute Gasteiger partial charge is 0.287 e. The van der Waals surface area contributed by atoms with Crippen LogP contribution in [-0.4, -0.2) is 35.7 Å². The number of thioether (sulfide) groups is 1. The van der Waals surface area contributed by atoms with Crippen LogP contribution in [0.1, 0.15) is 0 Å². The molecule has 0 saturated carbocycles. The Balaban J connectivity index is 2.02. The molecule has 0 aliphatic carbocycles. The molecular weight excluding hydrogens is 376 g/mol. The van der Waals surface area contributed by atoms with Crippen molar-refractivity contribution in [2.24, 2.45) is 0 Å². The second-order valence-electron chi connectivity index (χ2n) is 5.59. The number of aromatic nitrogens is 2. The number of benzene rings is 2. The normalized spacial score (nSPS) is 11.6. The van der Waals surface area contributed by atoms with Gasteiger partial charge in [-0.2, -0.15) is 0 Å². The molecule has 3 aromatic rings. The van der Waals surface area contributed by atoms with Crippen molar-refractivity contribution < 1.29 is 8.42 Å². The topological polar surface area (TPSA) is 52.0 Å². The van der Waals surface area contributed by atoms with Crippen LogP contribution in [0.5, 0.6) is 0 Å². The van der Waals surface area contributed by atoms with Crippen molar-refractivity contribution >= 4 is 33.2 Å². The molecule has 25 heavy (non-hydrogen) atoms. The van der Waals surface area contributed by atoms with Gasteiger partial charge in [-0.25, -0.2) is 13.4 Å². The number of sulfone groups is 1. The standard InChI is InChI=1S/C18H17ClN2O2S2/c1-25(22,23)11-10-24-18-20-13-17(14-6-3-2-4-7-14)21(18)16-9-5-8-15(19)12-16/h2-9,12-13H,10-11H2,1H3. The van der Waals surface area contributed by atoms with Crippen molar-refractivity contribution in [1.82, 2.24) is 9.55 Å². The van der Waals surface area contributed by atoms with Gasteiger partial charge in [-0.15, -0.1) is 0 Å². The molecule has 3 rings (SSSR count). The molecule has 2 aromatic carbocycles. The van der Waals surface area contributed by atoms with Crippen molar-refractivity contribution in [2.75, 3.05) is 17.8 Å². The summed E-state index contributed by atoms with van der Waals surface area (Å²) in [6.45, 7) is 0. The number of halogens is 1. The Labute approximate surface area is 156 Å². The molecule has 0 N–H and O–H groups in total. The van der Waals surface area contributed by atoms with Gasteiger partial charge in [0.1, 0.15) is 9.84 Å². The summed E-state index contributed by atoms with van der Waals surface area (Å²) in [7, 11) is -3.00. The number of hydrogen-bond donors (Lipinski definition) is 0. The number of nitrogens with zero attached hydrogens (tertiary/aromatic N) is 2. The third-order valence-electron chi connectivity index (χ3n) is 3.55. The highest BCUT2D eigenvalue weighted by molar-refractivity contribution is 8.00. The minimum atomic E-state index is -3.00. The van der Waals surface area contributed by atoms with Crippen LogP contribution in [0.3, 0.4) is 0 Å². The lowest BCUT2D eigenvalue weighted by Crippen LogP contribution is -2.06. The second-order valence-corrected chi connectivity index (χ2v) is 9.34. The molecule has 0 unspecified atom stereocenters.